The molecule has 3 aromatic rings. The Kier molecular flexibility index (Phi) is 5.18. The van der Waals surface area contributed by atoms with Gasteiger partial charge in [0.25, 0.3) is 0 Å². The maximum Gasteiger partial charge on any atom is 0.241 e. The molecule has 0 aliphatic rings. The van der Waals surface area contributed by atoms with Crippen LogP contribution in [0.1, 0.15) is 11.1 Å². The first-order valence-electron chi connectivity index (χ1n) is 8.26. The molecule has 3 N–H and O–H groups in total. The molecule has 3 aromatic carbocycles. The Labute approximate surface area is 148 Å². The summed E-state index contributed by atoms with van der Waals surface area (Å²) in [4.78, 5) is 0.292. The lowest BCUT2D eigenvalue weighted by Gasteiger charge is -2.18. The molecule has 4 nitrogen and oxygen atoms in total. The summed E-state index contributed by atoms with van der Waals surface area (Å²) >= 11 is 0. The van der Waals surface area contributed by atoms with Crippen LogP contribution in [0.4, 0.5) is 0 Å². The molecule has 1 atom stereocenters. The van der Waals surface area contributed by atoms with Crippen LogP contribution in [-0.4, -0.2) is 21.0 Å². The summed E-state index contributed by atoms with van der Waals surface area (Å²) in [7, 11) is -3.67. The predicted molar refractivity (Wildman–Crippen MR) is 102 cm³/mol. The van der Waals surface area contributed by atoms with E-state index in [2.05, 4.69) is 4.72 Å². The minimum absolute atomic E-state index is 0.234. The molecule has 25 heavy (non-hydrogen) atoms. The second-order valence-electron chi connectivity index (χ2n) is 6.17. The lowest BCUT2D eigenvalue weighted by atomic mass is 10.1. The molecule has 0 radical (unpaired) electrons. The quantitative estimate of drug-likeness (QED) is 0.715. The monoisotopic (exact) mass is 354 g/mol. The van der Waals surface area contributed by atoms with Crippen LogP contribution in [0, 0.1) is 6.92 Å². The van der Waals surface area contributed by atoms with E-state index in [1.54, 1.807) is 6.07 Å². The van der Waals surface area contributed by atoms with Crippen molar-refractivity contribution in [2.24, 2.45) is 5.73 Å². The van der Waals surface area contributed by atoms with Gasteiger partial charge in [0.1, 0.15) is 0 Å². The number of aryl methyl sites for hydroxylation is 1. The lowest BCUT2D eigenvalue weighted by molar-refractivity contribution is 0.549. The van der Waals surface area contributed by atoms with E-state index in [1.165, 1.54) is 0 Å². The largest absolute Gasteiger partial charge is 0.329 e. The van der Waals surface area contributed by atoms with Gasteiger partial charge >= 0.3 is 0 Å². The maximum atomic E-state index is 13.0. The van der Waals surface area contributed by atoms with E-state index in [4.69, 9.17) is 5.73 Å². The number of hydrogen-bond donors (Lipinski definition) is 2. The molecule has 0 saturated heterocycles. The molecule has 0 heterocycles. The number of hydrogen-bond acceptors (Lipinski definition) is 3. The van der Waals surface area contributed by atoms with Crippen LogP contribution in [0.5, 0.6) is 0 Å². The minimum Gasteiger partial charge on any atom is -0.329 e. The third kappa shape index (κ3) is 3.90. The highest BCUT2D eigenvalue weighted by atomic mass is 32.2. The van der Waals surface area contributed by atoms with Gasteiger partial charge in [-0.25, -0.2) is 13.1 Å². The smallest absolute Gasteiger partial charge is 0.241 e. The second-order valence-corrected chi connectivity index (χ2v) is 7.85. The number of rotatable bonds is 6. The van der Waals surface area contributed by atoms with Gasteiger partial charge in [0.15, 0.2) is 0 Å². The van der Waals surface area contributed by atoms with Crippen molar-refractivity contribution in [3.63, 3.8) is 0 Å². The van der Waals surface area contributed by atoms with Crippen LogP contribution in [-0.2, 0) is 16.4 Å². The fraction of sp³-hybridized carbons (Fsp3) is 0.200. The third-order valence-electron chi connectivity index (χ3n) is 4.32. The Morgan fingerprint density at radius 3 is 2.24 bits per heavy atom. The van der Waals surface area contributed by atoms with Crippen molar-refractivity contribution in [2.75, 3.05) is 6.54 Å². The molecule has 3 rings (SSSR count). The van der Waals surface area contributed by atoms with Crippen LogP contribution < -0.4 is 10.5 Å². The summed E-state index contributed by atoms with van der Waals surface area (Å²) in [5, 5.41) is 1.67. The number of nitrogens with one attached hydrogen (secondary N) is 1. The average Bonchev–Trinajstić information content (AvgIpc) is 2.62. The Morgan fingerprint density at radius 1 is 0.920 bits per heavy atom. The zero-order valence-electron chi connectivity index (χ0n) is 14.1. The van der Waals surface area contributed by atoms with E-state index in [9.17, 15) is 8.42 Å². The van der Waals surface area contributed by atoms with Crippen LogP contribution in [0.2, 0.25) is 0 Å². The van der Waals surface area contributed by atoms with E-state index >= 15 is 0 Å². The zero-order valence-corrected chi connectivity index (χ0v) is 15.0. The molecule has 0 aliphatic heterocycles. The highest BCUT2D eigenvalue weighted by Crippen LogP contribution is 2.26. The van der Waals surface area contributed by atoms with Crippen LogP contribution in [0.25, 0.3) is 10.8 Å². The fourth-order valence-corrected chi connectivity index (χ4v) is 4.47. The Bertz CT molecular complexity index is 969. The van der Waals surface area contributed by atoms with Crippen molar-refractivity contribution in [3.8, 4) is 0 Å². The summed E-state index contributed by atoms with van der Waals surface area (Å²) < 4.78 is 28.7. The number of nitrogens with two attached hydrogens (primary N) is 1. The van der Waals surface area contributed by atoms with Crippen LogP contribution in [0.3, 0.4) is 0 Å². The maximum absolute atomic E-state index is 13.0. The first-order valence-corrected chi connectivity index (χ1v) is 9.74. The molecule has 130 valence electrons. The second kappa shape index (κ2) is 7.35. The summed E-state index contributed by atoms with van der Waals surface area (Å²) in [6, 6.07) is 20.4. The van der Waals surface area contributed by atoms with Gasteiger partial charge in [-0.05, 0) is 35.9 Å². The van der Waals surface area contributed by atoms with Gasteiger partial charge in [0.2, 0.25) is 10.0 Å². The molecular weight excluding hydrogens is 332 g/mol. The molecular formula is C20H22N2O2S. The molecule has 5 heteroatoms. The van der Waals surface area contributed by atoms with Crippen LogP contribution in [0.15, 0.2) is 71.6 Å². The molecule has 0 aromatic heterocycles. The molecule has 0 aliphatic carbocycles. The molecule has 0 fully saturated rings. The highest BCUT2D eigenvalue weighted by Gasteiger charge is 2.22. The van der Waals surface area contributed by atoms with Gasteiger partial charge < -0.3 is 5.73 Å². The lowest BCUT2D eigenvalue weighted by Crippen LogP contribution is -2.41. The van der Waals surface area contributed by atoms with Gasteiger partial charge in [-0.15, -0.1) is 0 Å². The van der Waals surface area contributed by atoms with Crippen molar-refractivity contribution in [1.29, 1.82) is 0 Å². The van der Waals surface area contributed by atoms with E-state index in [0.29, 0.717) is 11.3 Å². The molecule has 0 spiro atoms. The Hall–Kier alpha value is -2.21. The van der Waals surface area contributed by atoms with Gasteiger partial charge in [0, 0.05) is 18.0 Å². The summed E-state index contributed by atoms with van der Waals surface area (Å²) in [5.41, 5.74) is 7.92. The summed E-state index contributed by atoms with van der Waals surface area (Å²) in [5.74, 6) is 0. The first-order chi connectivity index (χ1) is 12.0. The van der Waals surface area contributed by atoms with Crippen molar-refractivity contribution < 1.29 is 8.42 Å². The predicted octanol–water partition coefficient (Wildman–Crippen LogP) is 3.00. The van der Waals surface area contributed by atoms with E-state index < -0.39 is 10.0 Å². The first kappa shape index (κ1) is 17.6. The number of benzene rings is 3. The Morgan fingerprint density at radius 2 is 1.56 bits per heavy atom. The van der Waals surface area contributed by atoms with Gasteiger partial charge in [-0.2, -0.15) is 0 Å². The van der Waals surface area contributed by atoms with Gasteiger partial charge in [-0.3, -0.25) is 0 Å². The minimum atomic E-state index is -3.67. The normalized spacial score (nSPS) is 13.0. The molecule has 0 amide bonds. The van der Waals surface area contributed by atoms with Crippen molar-refractivity contribution in [2.45, 2.75) is 24.3 Å². The SMILES string of the molecule is Cc1ccc(S(=O)(=O)N[C@H](CN)Cc2ccccc2)c2ccccc12. The zero-order chi connectivity index (χ0) is 17.9. The van der Waals surface area contributed by atoms with E-state index in [1.807, 2.05) is 67.6 Å². The average molecular weight is 354 g/mol. The number of sulfonamides is 1. The van der Waals surface area contributed by atoms with E-state index in [-0.39, 0.29) is 12.6 Å². The standard InChI is InChI=1S/C20H22N2O2S/c1-15-11-12-20(19-10-6-5-9-18(15)19)25(23,24)22-17(14-21)13-16-7-3-2-4-8-16/h2-12,17,22H,13-14,21H2,1H3/t17-/m0/s1. The topological polar surface area (TPSA) is 72.2 Å². The summed E-state index contributed by atoms with van der Waals surface area (Å²) in [6.45, 7) is 2.21. The van der Waals surface area contributed by atoms with E-state index in [0.717, 1.165) is 21.9 Å². The summed E-state index contributed by atoms with van der Waals surface area (Å²) in [6.07, 6.45) is 0.556. The fourth-order valence-electron chi connectivity index (χ4n) is 3.01. The van der Waals surface area contributed by atoms with Crippen LogP contribution >= 0.6 is 0 Å². The Balaban J connectivity index is 1.92. The molecule has 0 saturated carbocycles. The molecule has 0 bridgehead atoms. The van der Waals surface area contributed by atoms with Crippen molar-refractivity contribution in [1.82, 2.24) is 4.72 Å². The number of fused-ring (bicyclic) bond motifs is 1. The van der Waals surface area contributed by atoms with Crippen molar-refractivity contribution in [3.05, 3.63) is 77.9 Å². The molecule has 0 unspecified atom stereocenters. The highest BCUT2D eigenvalue weighted by molar-refractivity contribution is 7.89. The van der Waals surface area contributed by atoms with Gasteiger partial charge in [-0.1, -0.05) is 60.7 Å². The third-order valence-corrected chi connectivity index (χ3v) is 5.90. The van der Waals surface area contributed by atoms with Crippen molar-refractivity contribution >= 4 is 20.8 Å². The van der Waals surface area contributed by atoms with Gasteiger partial charge in [0.05, 0.1) is 4.90 Å².